The molecule has 134 valence electrons. The van der Waals surface area contributed by atoms with Crippen LogP contribution in [0.25, 0.3) is 0 Å². The van der Waals surface area contributed by atoms with Crippen LogP contribution in [-0.2, 0) is 9.53 Å². The van der Waals surface area contributed by atoms with Crippen LogP contribution in [0.3, 0.4) is 0 Å². The zero-order valence-electron chi connectivity index (χ0n) is 15.1. The molecular weight excluding hydrogens is 306 g/mol. The van der Waals surface area contributed by atoms with Gasteiger partial charge >= 0.3 is 0 Å². The number of hydrogen-bond donors (Lipinski definition) is 1. The van der Waals surface area contributed by atoms with Crippen molar-refractivity contribution in [3.8, 4) is 5.75 Å². The summed E-state index contributed by atoms with van der Waals surface area (Å²) in [4.78, 5) is 16.6. The van der Waals surface area contributed by atoms with Gasteiger partial charge < -0.3 is 19.7 Å². The van der Waals surface area contributed by atoms with Crippen molar-refractivity contribution in [2.45, 2.75) is 19.1 Å². The Hall–Kier alpha value is -1.63. The maximum Gasteiger partial charge on any atom is 0.234 e. The zero-order chi connectivity index (χ0) is 17.5. The number of morpholine rings is 1. The van der Waals surface area contributed by atoms with E-state index >= 15 is 0 Å². The molecule has 2 rings (SSSR count). The Balaban J connectivity index is 1.86. The number of benzene rings is 1. The molecule has 6 nitrogen and oxygen atoms in total. The van der Waals surface area contributed by atoms with Crippen LogP contribution in [0.5, 0.6) is 5.75 Å². The number of carbonyl (C=O) groups is 1. The highest BCUT2D eigenvalue weighted by molar-refractivity contribution is 5.78. The number of nitrogens with one attached hydrogen (secondary N) is 1. The first-order valence-electron chi connectivity index (χ1n) is 8.40. The lowest BCUT2D eigenvalue weighted by molar-refractivity contribution is -0.125. The second-order valence-corrected chi connectivity index (χ2v) is 6.52. The lowest BCUT2D eigenvalue weighted by Crippen LogP contribution is -2.49. The predicted octanol–water partition coefficient (Wildman–Crippen LogP) is 1.13. The van der Waals surface area contributed by atoms with Crippen molar-refractivity contribution >= 4 is 5.91 Å². The smallest absolute Gasteiger partial charge is 0.234 e. The monoisotopic (exact) mass is 335 g/mol. The van der Waals surface area contributed by atoms with Crippen LogP contribution in [0.4, 0.5) is 0 Å². The Morgan fingerprint density at radius 3 is 2.92 bits per heavy atom. The first-order chi connectivity index (χ1) is 11.5. The minimum absolute atomic E-state index is 0.0268. The summed E-state index contributed by atoms with van der Waals surface area (Å²) in [5, 5.41) is 3.06. The van der Waals surface area contributed by atoms with E-state index in [2.05, 4.69) is 15.1 Å². The molecule has 6 heteroatoms. The molecule has 1 heterocycles. The van der Waals surface area contributed by atoms with Gasteiger partial charge in [0.25, 0.3) is 0 Å². The van der Waals surface area contributed by atoms with Crippen molar-refractivity contribution in [2.75, 3.05) is 54.0 Å². The van der Waals surface area contributed by atoms with Crippen molar-refractivity contribution in [1.82, 2.24) is 15.1 Å². The molecule has 0 bridgehead atoms. The minimum atomic E-state index is -0.0905. The van der Waals surface area contributed by atoms with Gasteiger partial charge in [0.05, 0.1) is 32.4 Å². The van der Waals surface area contributed by atoms with Crippen molar-refractivity contribution in [1.29, 1.82) is 0 Å². The van der Waals surface area contributed by atoms with Crippen LogP contribution in [-0.4, -0.2) is 75.8 Å². The fourth-order valence-electron chi connectivity index (χ4n) is 3.03. The van der Waals surface area contributed by atoms with Gasteiger partial charge in [0.15, 0.2) is 0 Å². The third kappa shape index (κ3) is 5.47. The highest BCUT2D eigenvalue weighted by Gasteiger charge is 2.23. The topological polar surface area (TPSA) is 54.0 Å². The van der Waals surface area contributed by atoms with Gasteiger partial charge in [0, 0.05) is 25.2 Å². The van der Waals surface area contributed by atoms with Crippen LogP contribution in [0.1, 0.15) is 18.5 Å². The summed E-state index contributed by atoms with van der Waals surface area (Å²) in [6.07, 6.45) is 0.160. The second kappa shape index (κ2) is 9.01. The number of hydrogen-bond acceptors (Lipinski definition) is 5. The normalized spacial score (nSPS) is 20.0. The quantitative estimate of drug-likeness (QED) is 0.810. The van der Waals surface area contributed by atoms with E-state index in [1.807, 2.05) is 45.3 Å². The molecule has 1 amide bonds. The van der Waals surface area contributed by atoms with E-state index in [-0.39, 0.29) is 18.1 Å². The Kier molecular flexibility index (Phi) is 7.02. The molecule has 1 N–H and O–H groups in total. The van der Waals surface area contributed by atoms with E-state index in [4.69, 9.17) is 9.47 Å². The van der Waals surface area contributed by atoms with Gasteiger partial charge in [-0.25, -0.2) is 0 Å². The molecule has 2 atom stereocenters. The lowest BCUT2D eigenvalue weighted by Gasteiger charge is -2.34. The summed E-state index contributed by atoms with van der Waals surface area (Å²) in [5.74, 6) is 0.821. The molecule has 1 fully saturated rings. The number of methoxy groups -OCH3 is 1. The maximum absolute atomic E-state index is 12.4. The fourth-order valence-corrected chi connectivity index (χ4v) is 3.03. The molecule has 1 aliphatic rings. The average Bonchev–Trinajstić information content (AvgIpc) is 2.54. The molecule has 1 aromatic carbocycles. The number of para-hydroxylation sites is 1. The van der Waals surface area contributed by atoms with Crippen LogP contribution >= 0.6 is 0 Å². The van der Waals surface area contributed by atoms with E-state index < -0.39 is 0 Å². The van der Waals surface area contributed by atoms with Crippen LogP contribution in [0, 0.1) is 0 Å². The van der Waals surface area contributed by atoms with E-state index in [1.165, 1.54) is 0 Å². The third-order valence-corrected chi connectivity index (χ3v) is 4.14. The predicted molar refractivity (Wildman–Crippen MR) is 94.3 cm³/mol. The molecule has 0 aliphatic carbocycles. The van der Waals surface area contributed by atoms with Crippen molar-refractivity contribution in [2.24, 2.45) is 0 Å². The summed E-state index contributed by atoms with van der Waals surface area (Å²) < 4.78 is 11.1. The molecule has 1 saturated heterocycles. The highest BCUT2D eigenvalue weighted by atomic mass is 16.5. The molecule has 0 saturated carbocycles. The number of nitrogens with zero attached hydrogens (tertiary/aromatic N) is 2. The van der Waals surface area contributed by atoms with E-state index in [0.717, 1.165) is 30.9 Å². The number of ether oxygens (including phenoxy) is 2. The lowest BCUT2D eigenvalue weighted by atomic mass is 10.1. The van der Waals surface area contributed by atoms with Crippen molar-refractivity contribution < 1.29 is 14.3 Å². The van der Waals surface area contributed by atoms with Gasteiger partial charge in [-0.2, -0.15) is 0 Å². The van der Waals surface area contributed by atoms with Crippen LogP contribution in [0.2, 0.25) is 0 Å². The molecule has 24 heavy (non-hydrogen) atoms. The fraction of sp³-hybridized carbons (Fsp3) is 0.611. The van der Waals surface area contributed by atoms with Crippen molar-refractivity contribution in [3.63, 3.8) is 0 Å². The molecule has 0 aromatic heterocycles. The van der Waals surface area contributed by atoms with Gasteiger partial charge in [0.1, 0.15) is 5.75 Å². The summed E-state index contributed by atoms with van der Waals surface area (Å²) in [5.41, 5.74) is 0.987. The van der Waals surface area contributed by atoms with Gasteiger partial charge in [0.2, 0.25) is 5.91 Å². The largest absolute Gasteiger partial charge is 0.496 e. The summed E-state index contributed by atoms with van der Waals surface area (Å²) in [6, 6.07) is 7.67. The summed E-state index contributed by atoms with van der Waals surface area (Å²) >= 11 is 0. The Morgan fingerprint density at radius 1 is 1.46 bits per heavy atom. The first-order valence-corrected chi connectivity index (χ1v) is 8.40. The molecule has 1 aliphatic heterocycles. The number of rotatable bonds is 7. The molecule has 0 unspecified atom stereocenters. The second-order valence-electron chi connectivity index (χ2n) is 6.52. The Bertz CT molecular complexity index is 536. The van der Waals surface area contributed by atoms with Gasteiger partial charge in [-0.1, -0.05) is 18.2 Å². The highest BCUT2D eigenvalue weighted by Crippen LogP contribution is 2.24. The van der Waals surface area contributed by atoms with Gasteiger partial charge in [-0.05, 0) is 27.1 Å². The molecule has 1 aromatic rings. The zero-order valence-corrected chi connectivity index (χ0v) is 15.1. The Morgan fingerprint density at radius 2 is 2.21 bits per heavy atom. The van der Waals surface area contributed by atoms with Crippen LogP contribution < -0.4 is 10.1 Å². The molecular formula is C18H29N3O3. The Labute approximate surface area is 144 Å². The number of carbonyl (C=O) groups excluding carboxylic acids is 1. The molecule has 0 radical (unpaired) electrons. The van der Waals surface area contributed by atoms with Crippen LogP contribution in [0.15, 0.2) is 24.3 Å². The first kappa shape index (κ1) is 18.7. The number of amides is 1. The maximum atomic E-state index is 12.4. The molecule has 0 spiro atoms. The minimum Gasteiger partial charge on any atom is -0.496 e. The number of likely N-dealkylation sites (N-methyl/N-ethyl adjacent to an activating group) is 1. The van der Waals surface area contributed by atoms with Crippen molar-refractivity contribution in [3.05, 3.63) is 29.8 Å². The average molecular weight is 335 g/mol. The third-order valence-electron chi connectivity index (χ3n) is 4.14. The van der Waals surface area contributed by atoms with Gasteiger partial charge in [-0.3, -0.25) is 9.69 Å². The van der Waals surface area contributed by atoms with E-state index in [0.29, 0.717) is 13.2 Å². The standard InChI is InChI=1S/C18H29N3O3/c1-14(16-7-5-6-8-17(16)23-4)19-18(22)13-21-9-10-24-15(12-21)11-20(2)3/h5-8,14-15H,9-13H2,1-4H3,(H,19,22)/t14-,15-/m1/s1. The summed E-state index contributed by atoms with van der Waals surface area (Å²) in [7, 11) is 5.71. The summed E-state index contributed by atoms with van der Waals surface area (Å²) in [6.45, 7) is 5.50. The SMILES string of the molecule is COc1ccccc1[C@@H](C)NC(=O)CN1CCO[C@H](CN(C)C)C1. The van der Waals surface area contributed by atoms with E-state index in [9.17, 15) is 4.79 Å². The van der Waals surface area contributed by atoms with E-state index in [1.54, 1.807) is 7.11 Å². The van der Waals surface area contributed by atoms with Gasteiger partial charge in [-0.15, -0.1) is 0 Å².